The van der Waals surface area contributed by atoms with Crippen LogP contribution >= 0.6 is 0 Å². The fraction of sp³-hybridized carbons (Fsp3) is 0.643. The zero-order valence-electron chi connectivity index (χ0n) is 10.9. The summed E-state index contributed by atoms with van der Waals surface area (Å²) in [4.78, 5) is 7.16. The number of hydrogen-bond acceptors (Lipinski definition) is 3. The van der Waals surface area contributed by atoms with Gasteiger partial charge in [-0.15, -0.1) is 0 Å². The zero-order chi connectivity index (χ0) is 12.1. The molecule has 0 amide bonds. The van der Waals surface area contributed by atoms with Crippen molar-refractivity contribution in [1.82, 2.24) is 15.2 Å². The van der Waals surface area contributed by atoms with E-state index in [1.54, 1.807) is 0 Å². The maximum Gasteiger partial charge on any atom is 0.0575 e. The van der Waals surface area contributed by atoms with Crippen LogP contribution in [-0.4, -0.2) is 36.1 Å². The predicted octanol–water partition coefficient (Wildman–Crippen LogP) is 2.14. The molecule has 3 nitrogen and oxygen atoms in total. The summed E-state index contributed by atoms with van der Waals surface area (Å²) >= 11 is 0. The average molecular weight is 233 g/mol. The van der Waals surface area contributed by atoms with E-state index in [1.165, 1.54) is 24.2 Å². The Hall–Kier alpha value is -0.930. The van der Waals surface area contributed by atoms with E-state index < -0.39 is 0 Å². The van der Waals surface area contributed by atoms with Gasteiger partial charge in [-0.2, -0.15) is 0 Å². The molecular weight excluding hydrogens is 210 g/mol. The van der Waals surface area contributed by atoms with Crippen LogP contribution in [-0.2, 0) is 0 Å². The minimum Gasteiger partial charge on any atom is -0.315 e. The average Bonchev–Trinajstić information content (AvgIpc) is 2.62. The van der Waals surface area contributed by atoms with Crippen LogP contribution in [0.25, 0.3) is 0 Å². The molecule has 3 heteroatoms. The van der Waals surface area contributed by atoms with Crippen LogP contribution in [0.15, 0.2) is 18.3 Å². The smallest absolute Gasteiger partial charge is 0.0575 e. The molecule has 1 aliphatic heterocycles. The summed E-state index contributed by atoms with van der Waals surface area (Å²) in [5.41, 5.74) is 2.46. The molecule has 1 aliphatic rings. The van der Waals surface area contributed by atoms with Crippen molar-refractivity contribution in [3.63, 3.8) is 0 Å². The first-order valence-electron chi connectivity index (χ1n) is 6.68. The maximum atomic E-state index is 4.59. The lowest BCUT2D eigenvalue weighted by Crippen LogP contribution is -2.32. The van der Waals surface area contributed by atoms with Gasteiger partial charge < -0.3 is 5.32 Å². The summed E-state index contributed by atoms with van der Waals surface area (Å²) in [5.74, 6) is 0. The number of nitrogens with zero attached hydrogens (tertiary/aromatic N) is 2. The van der Waals surface area contributed by atoms with Crippen LogP contribution in [0, 0.1) is 6.92 Å². The summed E-state index contributed by atoms with van der Waals surface area (Å²) < 4.78 is 0. The molecule has 0 radical (unpaired) electrons. The van der Waals surface area contributed by atoms with Gasteiger partial charge in [0.25, 0.3) is 0 Å². The first-order chi connectivity index (χ1) is 8.31. The van der Waals surface area contributed by atoms with Gasteiger partial charge in [-0.3, -0.25) is 9.88 Å². The van der Waals surface area contributed by atoms with Gasteiger partial charge in [0, 0.05) is 25.8 Å². The van der Waals surface area contributed by atoms with E-state index in [9.17, 15) is 0 Å². The molecule has 0 saturated carbocycles. The molecule has 1 N–H and O–H groups in total. The third kappa shape index (κ3) is 3.27. The number of pyridine rings is 1. The van der Waals surface area contributed by atoms with Crippen molar-refractivity contribution in [2.75, 3.05) is 26.2 Å². The molecule has 1 atom stereocenters. The van der Waals surface area contributed by atoms with Crippen molar-refractivity contribution in [3.05, 3.63) is 29.6 Å². The van der Waals surface area contributed by atoms with Crippen molar-refractivity contribution < 1.29 is 0 Å². The van der Waals surface area contributed by atoms with Crippen molar-refractivity contribution in [2.24, 2.45) is 0 Å². The van der Waals surface area contributed by atoms with Gasteiger partial charge in [-0.05, 0) is 37.9 Å². The Morgan fingerprint density at radius 1 is 1.35 bits per heavy atom. The second-order valence-electron chi connectivity index (χ2n) is 4.82. The maximum absolute atomic E-state index is 4.59. The molecule has 1 unspecified atom stereocenters. The zero-order valence-corrected chi connectivity index (χ0v) is 10.9. The van der Waals surface area contributed by atoms with Crippen molar-refractivity contribution >= 4 is 0 Å². The lowest BCUT2D eigenvalue weighted by molar-refractivity contribution is 0.201. The van der Waals surface area contributed by atoms with Crippen molar-refractivity contribution in [2.45, 2.75) is 32.7 Å². The standard InChI is InChI=1S/C14H23N3/c1-3-14(13-6-5-12(2)11-16-13)17-9-4-7-15-8-10-17/h5-6,11,14-15H,3-4,7-10H2,1-2H3. The Labute approximate surface area is 104 Å². The van der Waals surface area contributed by atoms with Gasteiger partial charge in [0.15, 0.2) is 0 Å². The van der Waals surface area contributed by atoms with Crippen LogP contribution < -0.4 is 5.32 Å². The Balaban J connectivity index is 2.11. The summed E-state index contributed by atoms with van der Waals surface area (Å²) in [5, 5.41) is 3.45. The van der Waals surface area contributed by atoms with E-state index >= 15 is 0 Å². The highest BCUT2D eigenvalue weighted by molar-refractivity contribution is 5.15. The molecule has 1 aromatic rings. The van der Waals surface area contributed by atoms with E-state index in [0.29, 0.717) is 6.04 Å². The Bertz CT molecular complexity index is 326. The molecular formula is C14H23N3. The highest BCUT2D eigenvalue weighted by Gasteiger charge is 2.20. The molecule has 1 fully saturated rings. The molecule has 17 heavy (non-hydrogen) atoms. The van der Waals surface area contributed by atoms with Crippen molar-refractivity contribution in [1.29, 1.82) is 0 Å². The van der Waals surface area contributed by atoms with E-state index in [2.05, 4.69) is 41.2 Å². The molecule has 2 rings (SSSR count). The normalized spacial score (nSPS) is 19.9. The van der Waals surface area contributed by atoms with Crippen molar-refractivity contribution in [3.8, 4) is 0 Å². The van der Waals surface area contributed by atoms with Gasteiger partial charge in [-0.1, -0.05) is 13.0 Å². The summed E-state index contributed by atoms with van der Waals surface area (Å²) in [6, 6.07) is 4.83. The van der Waals surface area contributed by atoms with E-state index in [1.807, 2.05) is 6.20 Å². The first kappa shape index (κ1) is 12.5. The monoisotopic (exact) mass is 233 g/mol. The van der Waals surface area contributed by atoms with E-state index in [-0.39, 0.29) is 0 Å². The molecule has 94 valence electrons. The lowest BCUT2D eigenvalue weighted by Gasteiger charge is -2.29. The van der Waals surface area contributed by atoms with Crippen LogP contribution in [0.1, 0.15) is 37.1 Å². The van der Waals surface area contributed by atoms with Gasteiger partial charge in [0.1, 0.15) is 0 Å². The summed E-state index contributed by atoms with van der Waals surface area (Å²) in [7, 11) is 0. The van der Waals surface area contributed by atoms with Crippen LogP contribution in [0.5, 0.6) is 0 Å². The molecule has 0 bridgehead atoms. The second-order valence-corrected chi connectivity index (χ2v) is 4.82. The predicted molar refractivity (Wildman–Crippen MR) is 71.1 cm³/mol. The van der Waals surface area contributed by atoms with Gasteiger partial charge in [-0.25, -0.2) is 0 Å². The molecule has 0 aromatic carbocycles. The fourth-order valence-corrected chi connectivity index (χ4v) is 2.51. The number of nitrogens with one attached hydrogen (secondary N) is 1. The minimum absolute atomic E-state index is 0.482. The van der Waals surface area contributed by atoms with Crippen LogP contribution in [0.4, 0.5) is 0 Å². The largest absolute Gasteiger partial charge is 0.315 e. The first-order valence-corrected chi connectivity index (χ1v) is 6.68. The van der Waals surface area contributed by atoms with E-state index in [0.717, 1.165) is 26.1 Å². The highest BCUT2D eigenvalue weighted by Crippen LogP contribution is 2.22. The Kier molecular flexibility index (Phi) is 4.51. The van der Waals surface area contributed by atoms with Crippen LogP contribution in [0.3, 0.4) is 0 Å². The van der Waals surface area contributed by atoms with Gasteiger partial charge in [0.2, 0.25) is 0 Å². The third-order valence-electron chi connectivity index (χ3n) is 3.48. The highest BCUT2D eigenvalue weighted by atomic mass is 15.2. The number of aromatic nitrogens is 1. The molecule has 1 aromatic heterocycles. The number of hydrogen-bond donors (Lipinski definition) is 1. The van der Waals surface area contributed by atoms with E-state index in [4.69, 9.17) is 0 Å². The molecule has 2 heterocycles. The third-order valence-corrected chi connectivity index (χ3v) is 3.48. The second kappa shape index (κ2) is 6.12. The SMILES string of the molecule is CCC(c1ccc(C)cn1)N1CCCNCC1. The fourth-order valence-electron chi connectivity index (χ4n) is 2.51. The lowest BCUT2D eigenvalue weighted by atomic mass is 10.1. The molecule has 0 aliphatic carbocycles. The number of rotatable bonds is 3. The minimum atomic E-state index is 0.482. The van der Waals surface area contributed by atoms with Gasteiger partial charge >= 0.3 is 0 Å². The molecule has 1 saturated heterocycles. The number of aryl methyl sites for hydroxylation is 1. The molecule has 0 spiro atoms. The summed E-state index contributed by atoms with van der Waals surface area (Å²) in [6.45, 7) is 8.91. The Morgan fingerprint density at radius 3 is 2.94 bits per heavy atom. The van der Waals surface area contributed by atoms with Crippen LogP contribution in [0.2, 0.25) is 0 Å². The topological polar surface area (TPSA) is 28.2 Å². The Morgan fingerprint density at radius 2 is 2.24 bits per heavy atom. The quantitative estimate of drug-likeness (QED) is 0.867. The summed E-state index contributed by atoms with van der Waals surface area (Å²) in [6.07, 6.45) is 4.35. The van der Waals surface area contributed by atoms with Gasteiger partial charge in [0.05, 0.1) is 11.7 Å².